The monoisotopic (exact) mass is 270 g/mol. The summed E-state index contributed by atoms with van der Waals surface area (Å²) >= 11 is 0. The van der Waals surface area contributed by atoms with Gasteiger partial charge < -0.3 is 15.0 Å². The average Bonchev–Trinajstić information content (AvgIpc) is 2.32. The molecule has 5 heteroatoms. The van der Waals surface area contributed by atoms with Gasteiger partial charge in [0.25, 0.3) is 0 Å². The Balaban J connectivity index is 2.57. The Morgan fingerprint density at radius 3 is 2.42 bits per heavy atom. The molecule has 19 heavy (non-hydrogen) atoms. The van der Waals surface area contributed by atoms with Crippen molar-refractivity contribution in [2.24, 2.45) is 11.8 Å². The fourth-order valence-corrected chi connectivity index (χ4v) is 2.08. The first-order valence-corrected chi connectivity index (χ1v) is 7.03. The van der Waals surface area contributed by atoms with E-state index in [0.29, 0.717) is 25.7 Å². The highest BCUT2D eigenvalue weighted by molar-refractivity contribution is 5.96. The molecule has 1 N–H and O–H groups in total. The van der Waals surface area contributed by atoms with E-state index in [1.54, 1.807) is 11.8 Å². The van der Waals surface area contributed by atoms with Gasteiger partial charge in [-0.05, 0) is 18.8 Å². The number of carbonyl (C=O) groups excluding carboxylic acids is 2. The van der Waals surface area contributed by atoms with Gasteiger partial charge in [0, 0.05) is 13.2 Å². The van der Waals surface area contributed by atoms with Gasteiger partial charge in [-0.3, -0.25) is 9.59 Å². The Morgan fingerprint density at radius 1 is 1.26 bits per heavy atom. The van der Waals surface area contributed by atoms with Crippen LogP contribution in [-0.4, -0.2) is 48.6 Å². The van der Waals surface area contributed by atoms with Crippen molar-refractivity contribution in [1.29, 1.82) is 0 Å². The van der Waals surface area contributed by atoms with Crippen LogP contribution < -0.4 is 5.32 Å². The van der Waals surface area contributed by atoms with Gasteiger partial charge in [-0.2, -0.15) is 0 Å². The van der Waals surface area contributed by atoms with Crippen molar-refractivity contribution in [2.45, 2.75) is 46.7 Å². The summed E-state index contributed by atoms with van der Waals surface area (Å²) in [6, 6.07) is -0.820. The largest absolute Gasteiger partial charge is 0.379 e. The molecule has 0 bridgehead atoms. The van der Waals surface area contributed by atoms with Gasteiger partial charge in [0.05, 0.1) is 6.61 Å². The Bertz CT molecular complexity index is 329. The molecular formula is C14H26N2O3. The normalized spacial score (nSPS) is 24.3. The minimum absolute atomic E-state index is 0.00440. The summed E-state index contributed by atoms with van der Waals surface area (Å²) in [5, 5.41) is 2.78. The van der Waals surface area contributed by atoms with E-state index >= 15 is 0 Å². The SMILES string of the molecule is CC(C)COCCN1C(=O)C(C(C)C)NC(=O)C1C. The molecule has 1 rings (SSSR count). The minimum Gasteiger partial charge on any atom is -0.379 e. The van der Waals surface area contributed by atoms with E-state index in [9.17, 15) is 9.59 Å². The number of carbonyl (C=O) groups is 2. The molecular weight excluding hydrogens is 244 g/mol. The molecule has 0 aromatic carbocycles. The number of piperazine rings is 1. The van der Waals surface area contributed by atoms with Crippen LogP contribution in [0.25, 0.3) is 0 Å². The minimum atomic E-state index is -0.412. The molecule has 1 fully saturated rings. The highest BCUT2D eigenvalue weighted by Gasteiger charge is 2.38. The zero-order valence-corrected chi connectivity index (χ0v) is 12.6. The summed E-state index contributed by atoms with van der Waals surface area (Å²) in [7, 11) is 0. The molecule has 0 aromatic rings. The average molecular weight is 270 g/mol. The van der Waals surface area contributed by atoms with Crippen LogP contribution in [0.3, 0.4) is 0 Å². The number of hydrogen-bond donors (Lipinski definition) is 1. The van der Waals surface area contributed by atoms with E-state index in [0.717, 1.165) is 0 Å². The fraction of sp³-hybridized carbons (Fsp3) is 0.857. The number of rotatable bonds is 6. The molecule has 1 heterocycles. The summed E-state index contributed by atoms with van der Waals surface area (Å²) in [4.78, 5) is 25.8. The van der Waals surface area contributed by atoms with Crippen LogP contribution in [0.15, 0.2) is 0 Å². The highest BCUT2D eigenvalue weighted by Crippen LogP contribution is 2.15. The first kappa shape index (κ1) is 16.0. The molecule has 0 aromatic heterocycles. The maximum absolute atomic E-state index is 12.3. The Kier molecular flexibility index (Phi) is 5.79. The van der Waals surface area contributed by atoms with Gasteiger partial charge in [-0.1, -0.05) is 27.7 Å². The number of ether oxygens (including phenoxy) is 1. The molecule has 1 aliphatic heterocycles. The number of nitrogens with zero attached hydrogens (tertiary/aromatic N) is 1. The molecule has 0 saturated carbocycles. The zero-order valence-electron chi connectivity index (χ0n) is 12.6. The van der Waals surface area contributed by atoms with Crippen molar-refractivity contribution < 1.29 is 14.3 Å². The second-order valence-electron chi connectivity index (χ2n) is 5.91. The lowest BCUT2D eigenvalue weighted by Gasteiger charge is -2.38. The smallest absolute Gasteiger partial charge is 0.246 e. The van der Waals surface area contributed by atoms with E-state index < -0.39 is 12.1 Å². The molecule has 1 aliphatic rings. The van der Waals surface area contributed by atoms with Crippen LogP contribution in [0.4, 0.5) is 0 Å². The fourth-order valence-electron chi connectivity index (χ4n) is 2.08. The zero-order chi connectivity index (χ0) is 14.6. The second kappa shape index (κ2) is 6.89. The summed E-state index contributed by atoms with van der Waals surface area (Å²) < 4.78 is 5.50. The lowest BCUT2D eigenvalue weighted by atomic mass is 9.98. The molecule has 2 atom stereocenters. The van der Waals surface area contributed by atoms with E-state index in [1.807, 2.05) is 13.8 Å². The van der Waals surface area contributed by atoms with Gasteiger partial charge in [-0.15, -0.1) is 0 Å². The Labute approximate surface area is 115 Å². The third-order valence-electron chi connectivity index (χ3n) is 3.29. The standard InChI is InChI=1S/C14H26N2O3/c1-9(2)8-19-7-6-16-11(5)13(17)15-12(10(3)4)14(16)18/h9-12H,6-8H2,1-5H3,(H,15,17). The van der Waals surface area contributed by atoms with Crippen LogP contribution in [0, 0.1) is 11.8 Å². The summed E-state index contributed by atoms with van der Waals surface area (Å²) in [5.74, 6) is 0.488. The third kappa shape index (κ3) is 4.20. The molecule has 2 unspecified atom stereocenters. The van der Waals surface area contributed by atoms with E-state index in [4.69, 9.17) is 4.74 Å². The van der Waals surface area contributed by atoms with E-state index in [-0.39, 0.29) is 17.7 Å². The molecule has 0 radical (unpaired) electrons. The van der Waals surface area contributed by atoms with E-state index in [1.165, 1.54) is 0 Å². The van der Waals surface area contributed by atoms with Crippen molar-refractivity contribution >= 4 is 11.8 Å². The predicted octanol–water partition coefficient (Wildman–Crippen LogP) is 1.03. The van der Waals surface area contributed by atoms with Gasteiger partial charge in [0.1, 0.15) is 12.1 Å². The Morgan fingerprint density at radius 2 is 1.89 bits per heavy atom. The van der Waals surface area contributed by atoms with Crippen molar-refractivity contribution in [3.8, 4) is 0 Å². The highest BCUT2D eigenvalue weighted by atomic mass is 16.5. The van der Waals surface area contributed by atoms with Gasteiger partial charge in [0.2, 0.25) is 11.8 Å². The summed E-state index contributed by atoms with van der Waals surface area (Å²) in [6.07, 6.45) is 0. The molecule has 1 saturated heterocycles. The van der Waals surface area contributed by atoms with Crippen LogP contribution in [0.1, 0.15) is 34.6 Å². The first-order chi connectivity index (χ1) is 8.84. The van der Waals surface area contributed by atoms with Gasteiger partial charge in [0.15, 0.2) is 0 Å². The maximum Gasteiger partial charge on any atom is 0.246 e. The molecule has 5 nitrogen and oxygen atoms in total. The van der Waals surface area contributed by atoms with Gasteiger partial charge >= 0.3 is 0 Å². The maximum atomic E-state index is 12.3. The first-order valence-electron chi connectivity index (χ1n) is 7.03. The molecule has 0 spiro atoms. The van der Waals surface area contributed by atoms with Gasteiger partial charge in [-0.25, -0.2) is 0 Å². The van der Waals surface area contributed by atoms with E-state index in [2.05, 4.69) is 19.2 Å². The van der Waals surface area contributed by atoms with Crippen molar-refractivity contribution in [2.75, 3.05) is 19.8 Å². The number of hydrogen-bond acceptors (Lipinski definition) is 3. The van der Waals surface area contributed by atoms with Crippen molar-refractivity contribution in [1.82, 2.24) is 10.2 Å². The van der Waals surface area contributed by atoms with Crippen LogP contribution in [-0.2, 0) is 14.3 Å². The Hall–Kier alpha value is -1.10. The molecule has 110 valence electrons. The van der Waals surface area contributed by atoms with Crippen molar-refractivity contribution in [3.05, 3.63) is 0 Å². The second-order valence-corrected chi connectivity index (χ2v) is 5.91. The molecule has 2 amide bonds. The third-order valence-corrected chi connectivity index (χ3v) is 3.29. The molecule has 0 aliphatic carbocycles. The predicted molar refractivity (Wildman–Crippen MR) is 73.6 cm³/mol. The quantitative estimate of drug-likeness (QED) is 0.733. The van der Waals surface area contributed by atoms with Crippen LogP contribution in [0.2, 0.25) is 0 Å². The van der Waals surface area contributed by atoms with Crippen LogP contribution in [0.5, 0.6) is 0 Å². The van der Waals surface area contributed by atoms with Crippen LogP contribution >= 0.6 is 0 Å². The lowest BCUT2D eigenvalue weighted by molar-refractivity contribution is -0.150. The number of amides is 2. The summed E-state index contributed by atoms with van der Waals surface area (Å²) in [6.45, 7) is 11.4. The lowest BCUT2D eigenvalue weighted by Crippen LogP contribution is -2.64. The number of nitrogens with one attached hydrogen (secondary N) is 1. The summed E-state index contributed by atoms with van der Waals surface area (Å²) in [5.41, 5.74) is 0. The van der Waals surface area contributed by atoms with Crippen molar-refractivity contribution in [3.63, 3.8) is 0 Å². The topological polar surface area (TPSA) is 58.6 Å².